The van der Waals surface area contributed by atoms with Crippen LogP contribution < -0.4 is 0 Å². The number of rotatable bonds is 1. The number of nitrogens with one attached hydrogen (secondary N) is 2. The van der Waals surface area contributed by atoms with Crippen molar-refractivity contribution < 1.29 is 0 Å². The summed E-state index contributed by atoms with van der Waals surface area (Å²) in [6, 6.07) is 10.1. The summed E-state index contributed by atoms with van der Waals surface area (Å²) in [5, 5.41) is 6.07. The highest BCUT2D eigenvalue weighted by Crippen LogP contribution is 2.21. The molecule has 4 aromatic rings. The zero-order valence-electron chi connectivity index (χ0n) is 9.91. The molecule has 6 nitrogen and oxygen atoms in total. The van der Waals surface area contributed by atoms with E-state index in [0.717, 1.165) is 16.8 Å². The number of imidazole rings is 1. The highest BCUT2D eigenvalue weighted by molar-refractivity contribution is 5.86. The Balaban J connectivity index is 2.19. The lowest BCUT2D eigenvalue weighted by molar-refractivity contribution is 1.05. The first-order chi connectivity index (χ1) is 9.43. The molecule has 0 aliphatic rings. The van der Waals surface area contributed by atoms with E-state index >= 15 is 0 Å². The average molecular weight is 250 g/mol. The Morgan fingerprint density at radius 1 is 1.00 bits per heavy atom. The molecule has 92 valence electrons. The molecule has 0 atom stereocenters. The van der Waals surface area contributed by atoms with Crippen LogP contribution in [0.15, 0.2) is 49.2 Å². The molecule has 0 saturated heterocycles. The minimum atomic E-state index is 0.669. The van der Waals surface area contributed by atoms with E-state index in [9.17, 15) is 0 Å². The molecule has 0 amide bonds. The minimum absolute atomic E-state index is 0.669. The number of aromatic nitrogens is 6. The van der Waals surface area contributed by atoms with Crippen LogP contribution in [0.3, 0.4) is 0 Å². The fourth-order valence-corrected chi connectivity index (χ4v) is 2.20. The first-order valence-electron chi connectivity index (χ1n) is 5.89. The second-order valence-electron chi connectivity index (χ2n) is 4.17. The van der Waals surface area contributed by atoms with Gasteiger partial charge in [-0.1, -0.05) is 30.3 Å². The van der Waals surface area contributed by atoms with Crippen molar-refractivity contribution in [1.29, 1.82) is 0 Å². The zero-order valence-corrected chi connectivity index (χ0v) is 9.91. The van der Waals surface area contributed by atoms with Gasteiger partial charge in [-0.25, -0.2) is 15.0 Å². The number of aromatic amines is 2. The summed E-state index contributed by atoms with van der Waals surface area (Å²) >= 11 is 0. The normalized spacial score (nSPS) is 11.2. The Hall–Kier alpha value is -2.89. The molecule has 19 heavy (non-hydrogen) atoms. The molecular weight excluding hydrogens is 240 g/mol. The lowest BCUT2D eigenvalue weighted by Gasteiger charge is -2.01. The third kappa shape index (κ3) is 1.46. The van der Waals surface area contributed by atoms with E-state index in [-0.39, 0.29) is 0 Å². The minimum Gasteiger partial charge on any atom is -0.305 e. The molecule has 0 unspecified atom stereocenters. The van der Waals surface area contributed by atoms with Crippen LogP contribution in [0.2, 0.25) is 0 Å². The quantitative estimate of drug-likeness (QED) is 0.543. The van der Waals surface area contributed by atoms with Gasteiger partial charge in [-0.15, -0.1) is 0 Å². The number of hydrogen-bond donors (Lipinski definition) is 2. The summed E-state index contributed by atoms with van der Waals surface area (Å²) in [6.45, 7) is 0. The third-order valence-electron chi connectivity index (χ3n) is 3.07. The monoisotopic (exact) mass is 250 g/mol. The van der Waals surface area contributed by atoms with Crippen LogP contribution in [0.5, 0.6) is 0 Å². The second-order valence-corrected chi connectivity index (χ2v) is 4.17. The smallest absolute Gasteiger partial charge is 0.183 e. The lowest BCUT2D eigenvalue weighted by Crippen LogP contribution is -1.89. The van der Waals surface area contributed by atoms with Crippen molar-refractivity contribution in [2.24, 2.45) is 0 Å². The van der Waals surface area contributed by atoms with Gasteiger partial charge in [-0.2, -0.15) is 0 Å². The van der Waals surface area contributed by atoms with Gasteiger partial charge in [0, 0.05) is 11.8 Å². The van der Waals surface area contributed by atoms with Gasteiger partial charge in [0.2, 0.25) is 0 Å². The van der Waals surface area contributed by atoms with Crippen LogP contribution in [-0.4, -0.2) is 29.5 Å². The average Bonchev–Trinajstić information content (AvgIpc) is 2.79. The van der Waals surface area contributed by atoms with E-state index in [1.165, 1.54) is 6.33 Å². The van der Waals surface area contributed by atoms with Crippen LogP contribution in [-0.2, 0) is 0 Å². The molecule has 0 spiro atoms. The third-order valence-corrected chi connectivity index (χ3v) is 3.07. The van der Waals surface area contributed by atoms with Crippen LogP contribution in [0.25, 0.3) is 28.1 Å². The Morgan fingerprint density at radius 2 is 1.89 bits per heavy atom. The van der Waals surface area contributed by atoms with E-state index in [4.69, 9.17) is 0 Å². The molecule has 4 rings (SSSR count). The molecule has 1 aromatic carbocycles. The molecule has 0 fully saturated rings. The van der Waals surface area contributed by atoms with E-state index in [1.807, 2.05) is 40.9 Å². The van der Waals surface area contributed by atoms with E-state index < -0.39 is 0 Å². The predicted octanol–water partition coefficient (Wildman–Crippen LogP) is 2.16. The molecule has 3 aromatic heterocycles. The topological polar surface area (TPSA) is 74.7 Å². The molecule has 0 aliphatic carbocycles. The highest BCUT2D eigenvalue weighted by atomic mass is 15.2. The molecule has 0 aliphatic heterocycles. The fourth-order valence-electron chi connectivity index (χ4n) is 2.20. The van der Waals surface area contributed by atoms with Crippen molar-refractivity contribution in [3.05, 3.63) is 49.2 Å². The van der Waals surface area contributed by atoms with Gasteiger partial charge in [0.05, 0.1) is 5.69 Å². The molecule has 0 bridgehead atoms. The SMILES string of the molecule is c1ccc(-c2c[nH][nH]c3ncnc4ncn2c43)cc1. The first-order valence-corrected chi connectivity index (χ1v) is 5.89. The van der Waals surface area contributed by atoms with Gasteiger partial charge in [-0.05, 0) is 0 Å². The van der Waals surface area contributed by atoms with Crippen LogP contribution in [0.4, 0.5) is 0 Å². The zero-order chi connectivity index (χ0) is 12.7. The Labute approximate surface area is 107 Å². The van der Waals surface area contributed by atoms with E-state index in [2.05, 4.69) is 25.1 Å². The first kappa shape index (κ1) is 10.1. The predicted molar refractivity (Wildman–Crippen MR) is 71.2 cm³/mol. The second kappa shape index (κ2) is 3.81. The van der Waals surface area contributed by atoms with Crippen LogP contribution in [0, 0.1) is 0 Å². The van der Waals surface area contributed by atoms with Crippen molar-refractivity contribution in [3.8, 4) is 11.3 Å². The van der Waals surface area contributed by atoms with E-state index in [0.29, 0.717) is 11.3 Å². The fraction of sp³-hybridized carbons (Fsp3) is 0. The molecule has 6 heteroatoms. The van der Waals surface area contributed by atoms with Gasteiger partial charge in [0.25, 0.3) is 0 Å². The number of H-pyrrole nitrogens is 2. The summed E-state index contributed by atoms with van der Waals surface area (Å²) in [7, 11) is 0. The molecule has 3 heterocycles. The van der Waals surface area contributed by atoms with Gasteiger partial charge < -0.3 is 5.10 Å². The van der Waals surface area contributed by atoms with Crippen molar-refractivity contribution in [1.82, 2.24) is 29.5 Å². The van der Waals surface area contributed by atoms with Crippen molar-refractivity contribution in [2.45, 2.75) is 0 Å². The summed E-state index contributed by atoms with van der Waals surface area (Å²) in [5.41, 5.74) is 4.33. The molecule has 0 saturated carbocycles. The molecule has 2 N–H and O–H groups in total. The Kier molecular flexibility index (Phi) is 2.02. The Bertz CT molecular complexity index is 868. The van der Waals surface area contributed by atoms with Gasteiger partial charge in [0.15, 0.2) is 11.3 Å². The number of hydrogen-bond acceptors (Lipinski definition) is 3. The highest BCUT2D eigenvalue weighted by Gasteiger charge is 2.09. The lowest BCUT2D eigenvalue weighted by atomic mass is 10.2. The van der Waals surface area contributed by atoms with Gasteiger partial charge >= 0.3 is 0 Å². The number of nitrogens with zero attached hydrogens (tertiary/aromatic N) is 4. The maximum absolute atomic E-state index is 4.31. The summed E-state index contributed by atoms with van der Waals surface area (Å²) in [6.07, 6.45) is 5.14. The van der Waals surface area contributed by atoms with E-state index in [1.54, 1.807) is 6.33 Å². The largest absolute Gasteiger partial charge is 0.305 e. The maximum Gasteiger partial charge on any atom is 0.183 e. The molecule has 0 radical (unpaired) electrons. The number of benzene rings is 1. The summed E-state index contributed by atoms with van der Waals surface area (Å²) < 4.78 is 1.98. The van der Waals surface area contributed by atoms with Gasteiger partial charge in [0.1, 0.15) is 18.2 Å². The van der Waals surface area contributed by atoms with Gasteiger partial charge in [-0.3, -0.25) is 9.50 Å². The Morgan fingerprint density at radius 3 is 2.79 bits per heavy atom. The van der Waals surface area contributed by atoms with Crippen molar-refractivity contribution in [2.75, 3.05) is 0 Å². The van der Waals surface area contributed by atoms with Crippen molar-refractivity contribution >= 4 is 16.8 Å². The summed E-state index contributed by atoms with van der Waals surface area (Å²) in [4.78, 5) is 12.7. The molecular formula is C13H10N6. The summed E-state index contributed by atoms with van der Waals surface area (Å²) in [5.74, 6) is 0. The maximum atomic E-state index is 4.31. The van der Waals surface area contributed by atoms with Crippen molar-refractivity contribution in [3.63, 3.8) is 0 Å². The van der Waals surface area contributed by atoms with Crippen LogP contribution >= 0.6 is 0 Å². The van der Waals surface area contributed by atoms with Crippen LogP contribution in [0.1, 0.15) is 0 Å². The standard InChI is InChI=1S/C13H10N6/c1-2-4-9(5-3-1)10-6-17-18-13-11-12(14-7-15-13)16-8-19(10)11/h1-8,17H,(H,14,15,18).